The van der Waals surface area contributed by atoms with Gasteiger partial charge in [0.1, 0.15) is 16.6 Å². The summed E-state index contributed by atoms with van der Waals surface area (Å²) in [5.74, 6) is 0.161. The second kappa shape index (κ2) is 6.09. The van der Waals surface area contributed by atoms with Gasteiger partial charge >= 0.3 is 0 Å². The SMILES string of the molecule is Fc1ccc(Cc2nnc3sc(Cc4ccccc4F)nn23)cc1. The van der Waals surface area contributed by atoms with Crippen molar-refractivity contribution in [3.63, 3.8) is 0 Å². The van der Waals surface area contributed by atoms with Crippen molar-refractivity contribution in [2.45, 2.75) is 12.8 Å². The molecule has 0 saturated carbocycles. The molecule has 0 spiro atoms. The van der Waals surface area contributed by atoms with E-state index in [0.29, 0.717) is 29.2 Å². The second-order valence-corrected chi connectivity index (χ2v) is 6.42. The van der Waals surface area contributed by atoms with Gasteiger partial charge < -0.3 is 0 Å². The fourth-order valence-corrected chi connectivity index (χ4v) is 3.34. The van der Waals surface area contributed by atoms with Crippen LogP contribution in [0, 0.1) is 11.6 Å². The number of hydrogen-bond donors (Lipinski definition) is 0. The molecule has 0 N–H and O–H groups in total. The smallest absolute Gasteiger partial charge is 0.207 e. The van der Waals surface area contributed by atoms with E-state index in [1.807, 2.05) is 0 Å². The highest BCUT2D eigenvalue weighted by Crippen LogP contribution is 2.20. The molecule has 4 nitrogen and oxygen atoms in total. The maximum Gasteiger partial charge on any atom is 0.234 e. The van der Waals surface area contributed by atoms with Crippen LogP contribution in [0.3, 0.4) is 0 Å². The Morgan fingerprint density at radius 3 is 2.50 bits per heavy atom. The van der Waals surface area contributed by atoms with Crippen LogP contribution in [-0.4, -0.2) is 19.8 Å². The van der Waals surface area contributed by atoms with Crippen LogP contribution in [0.2, 0.25) is 0 Å². The molecule has 0 atom stereocenters. The van der Waals surface area contributed by atoms with E-state index in [1.165, 1.54) is 29.5 Å². The Kier molecular flexibility index (Phi) is 3.78. The van der Waals surface area contributed by atoms with Crippen LogP contribution in [0.25, 0.3) is 4.96 Å². The molecule has 2 aromatic heterocycles. The van der Waals surface area contributed by atoms with Gasteiger partial charge in [-0.3, -0.25) is 0 Å². The highest BCUT2D eigenvalue weighted by atomic mass is 32.1. The standard InChI is InChI=1S/C17H12F2N4S/c18-13-7-5-11(6-8-13)9-15-20-21-17-23(15)22-16(24-17)10-12-3-1-2-4-14(12)19/h1-8H,9-10H2. The first-order valence-corrected chi connectivity index (χ1v) is 8.18. The van der Waals surface area contributed by atoms with Gasteiger partial charge in [0.05, 0.1) is 0 Å². The summed E-state index contributed by atoms with van der Waals surface area (Å²) >= 11 is 1.39. The van der Waals surface area contributed by atoms with E-state index in [-0.39, 0.29) is 11.6 Å². The maximum absolute atomic E-state index is 13.8. The molecule has 0 bridgehead atoms. The molecule has 4 aromatic rings. The van der Waals surface area contributed by atoms with E-state index in [2.05, 4.69) is 15.3 Å². The molecule has 7 heteroatoms. The quantitative estimate of drug-likeness (QED) is 0.569. The predicted molar refractivity (Wildman–Crippen MR) is 87.1 cm³/mol. The molecule has 0 fully saturated rings. The molecule has 2 aromatic carbocycles. The Labute approximate surface area is 140 Å². The number of hydrogen-bond acceptors (Lipinski definition) is 4. The first-order chi connectivity index (χ1) is 11.7. The summed E-state index contributed by atoms with van der Waals surface area (Å²) in [5, 5.41) is 13.5. The molecular weight excluding hydrogens is 330 g/mol. The number of rotatable bonds is 4. The van der Waals surface area contributed by atoms with Crippen LogP contribution in [0.15, 0.2) is 48.5 Å². The Bertz CT molecular complexity index is 991. The van der Waals surface area contributed by atoms with Gasteiger partial charge in [0, 0.05) is 12.8 Å². The maximum atomic E-state index is 13.8. The van der Waals surface area contributed by atoms with Gasteiger partial charge in [0.2, 0.25) is 4.96 Å². The van der Waals surface area contributed by atoms with E-state index >= 15 is 0 Å². The van der Waals surface area contributed by atoms with Crippen LogP contribution in [0.5, 0.6) is 0 Å². The third-order valence-electron chi connectivity index (χ3n) is 3.67. The van der Waals surface area contributed by atoms with E-state index in [9.17, 15) is 8.78 Å². The van der Waals surface area contributed by atoms with Gasteiger partial charge in [-0.25, -0.2) is 8.78 Å². The van der Waals surface area contributed by atoms with Crippen molar-refractivity contribution in [2.24, 2.45) is 0 Å². The molecule has 4 rings (SSSR count). The zero-order valence-electron chi connectivity index (χ0n) is 12.5. The molecule has 2 heterocycles. The molecule has 0 amide bonds. The summed E-state index contributed by atoms with van der Waals surface area (Å²) in [6.45, 7) is 0. The monoisotopic (exact) mass is 342 g/mol. The van der Waals surface area contributed by atoms with Gasteiger partial charge in [0.25, 0.3) is 0 Å². The van der Waals surface area contributed by atoms with Gasteiger partial charge in [0.15, 0.2) is 5.82 Å². The van der Waals surface area contributed by atoms with Crippen molar-refractivity contribution in [1.82, 2.24) is 19.8 Å². The van der Waals surface area contributed by atoms with E-state index in [1.54, 1.807) is 34.8 Å². The zero-order chi connectivity index (χ0) is 16.5. The van der Waals surface area contributed by atoms with Crippen LogP contribution in [0.1, 0.15) is 22.0 Å². The van der Waals surface area contributed by atoms with Crippen LogP contribution in [-0.2, 0) is 12.8 Å². The molecular formula is C17H12F2N4S. The molecule has 0 aliphatic heterocycles. The van der Waals surface area contributed by atoms with Crippen molar-refractivity contribution in [3.8, 4) is 0 Å². The summed E-state index contributed by atoms with van der Waals surface area (Å²) < 4.78 is 28.4. The summed E-state index contributed by atoms with van der Waals surface area (Å²) in [6, 6.07) is 12.9. The lowest BCUT2D eigenvalue weighted by atomic mass is 10.1. The van der Waals surface area contributed by atoms with E-state index in [4.69, 9.17) is 0 Å². The van der Waals surface area contributed by atoms with Crippen LogP contribution in [0.4, 0.5) is 8.78 Å². The van der Waals surface area contributed by atoms with Crippen molar-refractivity contribution < 1.29 is 8.78 Å². The minimum atomic E-state index is -0.272. The van der Waals surface area contributed by atoms with Gasteiger partial charge in [-0.15, -0.1) is 10.2 Å². The van der Waals surface area contributed by atoms with Gasteiger partial charge in [-0.05, 0) is 29.3 Å². The minimum Gasteiger partial charge on any atom is -0.207 e. The lowest BCUT2D eigenvalue weighted by Gasteiger charge is -1.99. The molecule has 0 unspecified atom stereocenters. The summed E-state index contributed by atoms with van der Waals surface area (Å²) in [6.07, 6.45) is 0.918. The number of aromatic nitrogens is 4. The lowest BCUT2D eigenvalue weighted by Crippen LogP contribution is -1.99. The molecule has 0 aliphatic carbocycles. The third kappa shape index (κ3) is 2.90. The fraction of sp³-hybridized carbons (Fsp3) is 0.118. The van der Waals surface area contributed by atoms with E-state index in [0.717, 1.165) is 10.6 Å². The average molecular weight is 342 g/mol. The molecule has 24 heavy (non-hydrogen) atoms. The van der Waals surface area contributed by atoms with Crippen LogP contribution >= 0.6 is 11.3 Å². The Balaban J connectivity index is 1.61. The molecule has 0 radical (unpaired) electrons. The average Bonchev–Trinajstić information content (AvgIpc) is 3.13. The topological polar surface area (TPSA) is 43.1 Å². The Morgan fingerprint density at radius 2 is 1.71 bits per heavy atom. The highest BCUT2D eigenvalue weighted by Gasteiger charge is 2.13. The largest absolute Gasteiger partial charge is 0.234 e. The van der Waals surface area contributed by atoms with E-state index < -0.39 is 0 Å². The number of fused-ring (bicyclic) bond motifs is 1. The minimum absolute atomic E-state index is 0.241. The number of halogens is 2. The van der Waals surface area contributed by atoms with Gasteiger partial charge in [-0.2, -0.15) is 9.61 Å². The molecule has 0 saturated heterocycles. The van der Waals surface area contributed by atoms with Crippen molar-refractivity contribution in [3.05, 3.63) is 82.1 Å². The summed E-state index contributed by atoms with van der Waals surface area (Å²) in [7, 11) is 0. The first-order valence-electron chi connectivity index (χ1n) is 7.37. The summed E-state index contributed by atoms with van der Waals surface area (Å²) in [4.78, 5) is 0.665. The van der Waals surface area contributed by atoms with Crippen molar-refractivity contribution in [2.75, 3.05) is 0 Å². The molecule has 0 aliphatic rings. The first kappa shape index (κ1) is 14.9. The van der Waals surface area contributed by atoms with Crippen molar-refractivity contribution in [1.29, 1.82) is 0 Å². The lowest BCUT2D eigenvalue weighted by molar-refractivity contribution is 0.613. The summed E-state index contributed by atoms with van der Waals surface area (Å²) in [5.41, 5.74) is 1.52. The second-order valence-electron chi connectivity index (χ2n) is 5.38. The Morgan fingerprint density at radius 1 is 0.917 bits per heavy atom. The van der Waals surface area contributed by atoms with Crippen molar-refractivity contribution >= 4 is 16.3 Å². The zero-order valence-corrected chi connectivity index (χ0v) is 13.3. The highest BCUT2D eigenvalue weighted by molar-refractivity contribution is 7.16. The van der Waals surface area contributed by atoms with Gasteiger partial charge in [-0.1, -0.05) is 41.7 Å². The fourth-order valence-electron chi connectivity index (χ4n) is 2.47. The van der Waals surface area contributed by atoms with Crippen LogP contribution < -0.4 is 0 Å². The third-order valence-corrected chi connectivity index (χ3v) is 4.57. The Hall–Kier alpha value is -2.67. The number of nitrogens with zero attached hydrogens (tertiary/aromatic N) is 4. The molecule has 120 valence electrons. The normalized spacial score (nSPS) is 11.2. The number of benzene rings is 2. The predicted octanol–water partition coefficient (Wildman–Crippen LogP) is 3.65.